The number of rotatable bonds is 2. The molecule has 2 nitrogen and oxygen atoms in total. The third-order valence-electron chi connectivity index (χ3n) is 4.27. The minimum atomic E-state index is -0.811. The number of halogens is 1. The molecule has 0 radical (unpaired) electrons. The first kappa shape index (κ1) is 14.3. The molecule has 106 valence electrons. The van der Waals surface area contributed by atoms with Crippen LogP contribution in [0.1, 0.15) is 64.2 Å². The highest BCUT2D eigenvalue weighted by atomic mass is 19.1. The van der Waals surface area contributed by atoms with Crippen LogP contribution in [0, 0.1) is 0 Å². The van der Waals surface area contributed by atoms with Gasteiger partial charge < -0.3 is 10.1 Å². The van der Waals surface area contributed by atoms with Crippen LogP contribution in [0.25, 0.3) is 0 Å². The third kappa shape index (κ3) is 4.85. The highest BCUT2D eigenvalue weighted by molar-refractivity contribution is 4.79. The zero-order chi connectivity index (χ0) is 12.6. The summed E-state index contributed by atoms with van der Waals surface area (Å²) in [5.74, 6) is 0. The van der Waals surface area contributed by atoms with E-state index in [2.05, 4.69) is 5.32 Å². The Morgan fingerprint density at radius 2 is 1.44 bits per heavy atom. The maximum absolute atomic E-state index is 13.7. The lowest BCUT2D eigenvalue weighted by atomic mass is 9.98. The molecular weight excluding hydrogens is 229 g/mol. The minimum Gasteiger partial charge on any atom is -0.372 e. The molecule has 0 amide bonds. The second kappa shape index (κ2) is 8.11. The summed E-state index contributed by atoms with van der Waals surface area (Å²) in [7, 11) is 0. The highest BCUT2D eigenvalue weighted by Gasteiger charge is 2.27. The lowest BCUT2D eigenvalue weighted by molar-refractivity contribution is -0.0707. The fourth-order valence-electron chi connectivity index (χ4n) is 3.11. The molecule has 2 aliphatic rings. The lowest BCUT2D eigenvalue weighted by Gasteiger charge is -2.31. The molecule has 1 saturated carbocycles. The van der Waals surface area contributed by atoms with Crippen molar-refractivity contribution >= 4 is 0 Å². The summed E-state index contributed by atoms with van der Waals surface area (Å²) >= 11 is 0. The van der Waals surface area contributed by atoms with Crippen molar-refractivity contribution in [1.29, 1.82) is 0 Å². The molecule has 0 spiro atoms. The Labute approximate surface area is 111 Å². The molecule has 1 aliphatic heterocycles. The standard InChI is InChI=1S/C15H28FNO/c16-14-12-17-11-10-15(14)18-13-8-6-4-2-1-3-5-7-9-13/h13-15,17H,1-12H2. The van der Waals surface area contributed by atoms with Gasteiger partial charge in [-0.05, 0) is 25.8 Å². The normalized spacial score (nSPS) is 33.2. The van der Waals surface area contributed by atoms with E-state index in [0.717, 1.165) is 25.8 Å². The van der Waals surface area contributed by atoms with Gasteiger partial charge in [-0.1, -0.05) is 44.9 Å². The number of ether oxygens (including phenoxy) is 1. The summed E-state index contributed by atoms with van der Waals surface area (Å²) < 4.78 is 19.8. The van der Waals surface area contributed by atoms with E-state index in [1.807, 2.05) is 0 Å². The monoisotopic (exact) mass is 257 g/mol. The molecule has 1 saturated heterocycles. The van der Waals surface area contributed by atoms with Gasteiger partial charge in [-0.15, -0.1) is 0 Å². The summed E-state index contributed by atoms with van der Waals surface area (Å²) in [4.78, 5) is 0. The largest absolute Gasteiger partial charge is 0.372 e. The fraction of sp³-hybridized carbons (Fsp3) is 1.00. The van der Waals surface area contributed by atoms with Crippen LogP contribution >= 0.6 is 0 Å². The van der Waals surface area contributed by atoms with E-state index in [4.69, 9.17) is 4.74 Å². The summed E-state index contributed by atoms with van der Waals surface area (Å²) in [5.41, 5.74) is 0. The zero-order valence-corrected chi connectivity index (χ0v) is 11.5. The molecule has 0 aromatic heterocycles. The van der Waals surface area contributed by atoms with Crippen LogP contribution in [0.2, 0.25) is 0 Å². The van der Waals surface area contributed by atoms with Gasteiger partial charge in [0.1, 0.15) is 6.17 Å². The van der Waals surface area contributed by atoms with Gasteiger partial charge in [0.2, 0.25) is 0 Å². The first-order valence-electron chi connectivity index (χ1n) is 7.86. The molecule has 2 atom stereocenters. The molecule has 1 heterocycles. The van der Waals surface area contributed by atoms with Crippen LogP contribution in [0.4, 0.5) is 4.39 Å². The number of piperidine rings is 1. The van der Waals surface area contributed by atoms with E-state index < -0.39 is 6.17 Å². The van der Waals surface area contributed by atoms with Gasteiger partial charge in [-0.2, -0.15) is 0 Å². The van der Waals surface area contributed by atoms with E-state index in [1.165, 1.54) is 44.9 Å². The predicted molar refractivity (Wildman–Crippen MR) is 72.6 cm³/mol. The number of nitrogens with one attached hydrogen (secondary N) is 1. The van der Waals surface area contributed by atoms with Crippen LogP contribution in [-0.4, -0.2) is 31.5 Å². The van der Waals surface area contributed by atoms with E-state index in [0.29, 0.717) is 12.6 Å². The van der Waals surface area contributed by atoms with Crippen molar-refractivity contribution in [1.82, 2.24) is 5.32 Å². The molecule has 2 unspecified atom stereocenters. The average molecular weight is 257 g/mol. The van der Waals surface area contributed by atoms with Gasteiger partial charge in [-0.3, -0.25) is 0 Å². The first-order chi connectivity index (χ1) is 8.86. The molecule has 18 heavy (non-hydrogen) atoms. The van der Waals surface area contributed by atoms with Crippen LogP contribution in [0.3, 0.4) is 0 Å². The van der Waals surface area contributed by atoms with E-state index >= 15 is 0 Å². The number of alkyl halides is 1. The Hall–Kier alpha value is -0.150. The number of hydrogen-bond acceptors (Lipinski definition) is 2. The van der Waals surface area contributed by atoms with Crippen LogP contribution in [0.5, 0.6) is 0 Å². The Morgan fingerprint density at radius 3 is 2.06 bits per heavy atom. The highest BCUT2D eigenvalue weighted by Crippen LogP contribution is 2.23. The Kier molecular flexibility index (Phi) is 6.42. The minimum absolute atomic E-state index is 0.154. The summed E-state index contributed by atoms with van der Waals surface area (Å²) in [6, 6.07) is 0. The smallest absolute Gasteiger partial charge is 0.139 e. The zero-order valence-electron chi connectivity index (χ0n) is 11.5. The van der Waals surface area contributed by atoms with Gasteiger partial charge in [-0.25, -0.2) is 4.39 Å². The Balaban J connectivity index is 1.76. The molecular formula is C15H28FNO. The van der Waals surface area contributed by atoms with Crippen molar-refractivity contribution in [3.63, 3.8) is 0 Å². The molecule has 3 heteroatoms. The van der Waals surface area contributed by atoms with Crippen molar-refractivity contribution in [2.75, 3.05) is 13.1 Å². The van der Waals surface area contributed by atoms with Gasteiger partial charge in [0.25, 0.3) is 0 Å². The van der Waals surface area contributed by atoms with Crippen molar-refractivity contribution in [3.8, 4) is 0 Å². The lowest BCUT2D eigenvalue weighted by Crippen LogP contribution is -2.44. The number of hydrogen-bond donors (Lipinski definition) is 1. The molecule has 2 rings (SSSR count). The van der Waals surface area contributed by atoms with Crippen molar-refractivity contribution in [2.45, 2.75) is 82.6 Å². The predicted octanol–water partition coefficient (Wildman–Crippen LogP) is 3.60. The van der Waals surface area contributed by atoms with Crippen molar-refractivity contribution in [3.05, 3.63) is 0 Å². The second-order valence-electron chi connectivity index (χ2n) is 5.86. The maximum Gasteiger partial charge on any atom is 0.139 e. The molecule has 1 aliphatic carbocycles. The molecule has 0 bridgehead atoms. The third-order valence-corrected chi connectivity index (χ3v) is 4.27. The van der Waals surface area contributed by atoms with Gasteiger partial charge >= 0.3 is 0 Å². The molecule has 1 N–H and O–H groups in total. The van der Waals surface area contributed by atoms with Gasteiger partial charge in [0, 0.05) is 6.54 Å². The SMILES string of the molecule is FC1CNCCC1OC1CCCCCCCCC1. The molecule has 0 aromatic rings. The maximum atomic E-state index is 13.7. The van der Waals surface area contributed by atoms with E-state index in [9.17, 15) is 4.39 Å². The Morgan fingerprint density at radius 1 is 0.833 bits per heavy atom. The molecule has 2 fully saturated rings. The summed E-state index contributed by atoms with van der Waals surface area (Å²) in [6.07, 6.45) is 11.7. The average Bonchev–Trinajstić information content (AvgIpc) is 2.40. The van der Waals surface area contributed by atoms with Gasteiger partial charge in [0.15, 0.2) is 0 Å². The topological polar surface area (TPSA) is 21.3 Å². The summed E-state index contributed by atoms with van der Waals surface area (Å²) in [5, 5.41) is 3.09. The van der Waals surface area contributed by atoms with Crippen LogP contribution in [0.15, 0.2) is 0 Å². The fourth-order valence-corrected chi connectivity index (χ4v) is 3.11. The first-order valence-corrected chi connectivity index (χ1v) is 7.86. The van der Waals surface area contributed by atoms with Crippen LogP contribution in [-0.2, 0) is 4.74 Å². The molecule has 0 aromatic carbocycles. The van der Waals surface area contributed by atoms with Crippen molar-refractivity contribution in [2.24, 2.45) is 0 Å². The summed E-state index contributed by atoms with van der Waals surface area (Å²) in [6.45, 7) is 1.37. The Bertz CT molecular complexity index is 215. The van der Waals surface area contributed by atoms with E-state index in [1.54, 1.807) is 0 Å². The van der Waals surface area contributed by atoms with E-state index in [-0.39, 0.29) is 6.10 Å². The quantitative estimate of drug-likeness (QED) is 0.816. The van der Waals surface area contributed by atoms with Crippen molar-refractivity contribution < 1.29 is 9.13 Å². The second-order valence-corrected chi connectivity index (χ2v) is 5.86. The van der Waals surface area contributed by atoms with Crippen LogP contribution < -0.4 is 5.32 Å². The van der Waals surface area contributed by atoms with Gasteiger partial charge in [0.05, 0.1) is 12.2 Å².